The van der Waals surface area contributed by atoms with Gasteiger partial charge in [-0.3, -0.25) is 9.89 Å². The average molecular weight is 552 g/mol. The Balaban J connectivity index is 0.00000289. The molecular formula is C24H38IN7. The van der Waals surface area contributed by atoms with Gasteiger partial charge in [0.1, 0.15) is 11.6 Å². The molecule has 32 heavy (non-hydrogen) atoms. The van der Waals surface area contributed by atoms with E-state index in [-0.39, 0.29) is 24.0 Å². The molecule has 1 saturated heterocycles. The number of nitrogens with zero attached hydrogens (tertiary/aromatic N) is 5. The quantitative estimate of drug-likeness (QED) is 0.239. The Labute approximate surface area is 209 Å². The van der Waals surface area contributed by atoms with Gasteiger partial charge in [-0.25, -0.2) is 0 Å². The summed E-state index contributed by atoms with van der Waals surface area (Å²) in [7, 11) is 1.86. The first kappa shape index (κ1) is 25.0. The molecule has 1 aromatic heterocycles. The van der Waals surface area contributed by atoms with Crippen LogP contribution in [0.4, 0.5) is 0 Å². The van der Waals surface area contributed by atoms with Crippen molar-refractivity contribution >= 4 is 29.9 Å². The predicted octanol–water partition coefficient (Wildman–Crippen LogP) is 3.38. The highest BCUT2D eigenvalue weighted by atomic mass is 127. The summed E-state index contributed by atoms with van der Waals surface area (Å²) in [5.74, 6) is 3.22. The summed E-state index contributed by atoms with van der Waals surface area (Å²) in [5.41, 5.74) is 1.38. The molecule has 0 bridgehead atoms. The van der Waals surface area contributed by atoms with E-state index in [9.17, 15) is 0 Å². The predicted molar refractivity (Wildman–Crippen MR) is 141 cm³/mol. The van der Waals surface area contributed by atoms with E-state index in [1.165, 1.54) is 30.7 Å². The molecule has 2 aliphatic rings. The summed E-state index contributed by atoms with van der Waals surface area (Å²) >= 11 is 0. The zero-order valence-electron chi connectivity index (χ0n) is 19.5. The van der Waals surface area contributed by atoms with Gasteiger partial charge in [-0.05, 0) is 38.2 Å². The number of guanidine groups is 1. The number of aryl methyl sites for hydroxylation is 2. The van der Waals surface area contributed by atoms with Crippen molar-refractivity contribution in [1.29, 1.82) is 0 Å². The Hall–Kier alpha value is -1.68. The lowest BCUT2D eigenvalue weighted by Crippen LogP contribution is -2.44. The van der Waals surface area contributed by atoms with Crippen molar-refractivity contribution in [3.05, 3.63) is 47.5 Å². The van der Waals surface area contributed by atoms with Gasteiger partial charge in [-0.15, -0.1) is 34.2 Å². The minimum absolute atomic E-state index is 0. The maximum Gasteiger partial charge on any atom is 0.191 e. The number of aliphatic imine (C=N–C) groups is 1. The summed E-state index contributed by atoms with van der Waals surface area (Å²) in [6, 6.07) is 11.7. The first-order valence-electron chi connectivity index (χ1n) is 11.9. The third kappa shape index (κ3) is 6.66. The average Bonchev–Trinajstić information content (AvgIpc) is 3.23. The van der Waals surface area contributed by atoms with Gasteiger partial charge in [-0.2, -0.15) is 0 Å². The second kappa shape index (κ2) is 12.5. The molecule has 0 saturated carbocycles. The fraction of sp³-hybridized carbons (Fsp3) is 0.625. The molecule has 0 aliphatic carbocycles. The Bertz CT molecular complexity index is 851. The van der Waals surface area contributed by atoms with Crippen LogP contribution in [-0.4, -0.2) is 57.8 Å². The van der Waals surface area contributed by atoms with Crippen molar-refractivity contribution in [3.63, 3.8) is 0 Å². The van der Waals surface area contributed by atoms with E-state index in [1.807, 2.05) is 7.05 Å². The van der Waals surface area contributed by atoms with Crippen molar-refractivity contribution in [1.82, 2.24) is 30.3 Å². The number of aromatic nitrogens is 3. The van der Waals surface area contributed by atoms with Crippen LogP contribution in [-0.2, 0) is 25.9 Å². The Morgan fingerprint density at radius 1 is 1.16 bits per heavy atom. The summed E-state index contributed by atoms with van der Waals surface area (Å²) < 4.78 is 2.35. The molecule has 0 amide bonds. The van der Waals surface area contributed by atoms with E-state index < -0.39 is 0 Å². The summed E-state index contributed by atoms with van der Waals surface area (Å²) in [6.45, 7) is 6.34. The third-order valence-corrected chi connectivity index (χ3v) is 6.55. The minimum atomic E-state index is 0. The van der Waals surface area contributed by atoms with Crippen molar-refractivity contribution in [2.24, 2.45) is 4.99 Å². The number of halogens is 1. The van der Waals surface area contributed by atoms with Gasteiger partial charge in [-0.1, -0.05) is 36.8 Å². The van der Waals surface area contributed by atoms with Crippen LogP contribution in [0.3, 0.4) is 0 Å². The first-order valence-corrected chi connectivity index (χ1v) is 11.9. The number of rotatable bonds is 7. The van der Waals surface area contributed by atoms with Crippen molar-refractivity contribution in [2.75, 3.05) is 20.1 Å². The van der Waals surface area contributed by atoms with Crippen LogP contribution in [0, 0.1) is 0 Å². The lowest BCUT2D eigenvalue weighted by atomic mass is 10.2. The van der Waals surface area contributed by atoms with E-state index in [2.05, 4.69) is 72.5 Å². The maximum atomic E-state index is 4.45. The molecule has 1 aromatic carbocycles. The number of likely N-dealkylation sites (tertiary alicyclic amines) is 1. The van der Waals surface area contributed by atoms with E-state index in [4.69, 9.17) is 0 Å². The molecule has 0 radical (unpaired) electrons. The SMILES string of the molecule is CN=C(NCCCc1nnc2n1CCCCC2)NC1CC(C)N(Cc2ccccc2)C1.I. The molecule has 2 N–H and O–H groups in total. The number of hydrogen-bond acceptors (Lipinski definition) is 4. The van der Waals surface area contributed by atoms with Crippen molar-refractivity contribution in [2.45, 2.75) is 77.0 Å². The highest BCUT2D eigenvalue weighted by Gasteiger charge is 2.29. The summed E-state index contributed by atoms with van der Waals surface area (Å²) in [4.78, 5) is 7.00. The van der Waals surface area contributed by atoms with Gasteiger partial charge < -0.3 is 15.2 Å². The number of benzene rings is 1. The van der Waals surface area contributed by atoms with E-state index in [1.54, 1.807) is 0 Å². The molecule has 176 valence electrons. The molecule has 0 spiro atoms. The standard InChI is InChI=1S/C24H37N7.HI/c1-19-16-21(18-30(19)17-20-10-5-3-6-11-20)27-24(25-2)26-14-9-13-23-29-28-22-12-7-4-8-15-31(22)23;/h3,5-6,10-11,19,21H,4,7-9,12-18H2,1-2H3,(H2,25,26,27);1H. The summed E-state index contributed by atoms with van der Waals surface area (Å²) in [5, 5.41) is 16.0. The molecule has 4 rings (SSSR count). The van der Waals surface area contributed by atoms with Crippen LogP contribution in [0.1, 0.15) is 56.2 Å². The molecule has 2 atom stereocenters. The third-order valence-electron chi connectivity index (χ3n) is 6.55. The Kier molecular flexibility index (Phi) is 9.77. The van der Waals surface area contributed by atoms with Crippen LogP contribution in [0.25, 0.3) is 0 Å². The van der Waals surface area contributed by atoms with Gasteiger partial charge in [0.25, 0.3) is 0 Å². The highest BCUT2D eigenvalue weighted by molar-refractivity contribution is 14.0. The molecule has 7 nitrogen and oxygen atoms in total. The fourth-order valence-corrected chi connectivity index (χ4v) is 4.81. The van der Waals surface area contributed by atoms with Crippen LogP contribution in [0.5, 0.6) is 0 Å². The second-order valence-corrected chi connectivity index (χ2v) is 8.94. The fourth-order valence-electron chi connectivity index (χ4n) is 4.81. The monoisotopic (exact) mass is 551 g/mol. The highest BCUT2D eigenvalue weighted by Crippen LogP contribution is 2.20. The Morgan fingerprint density at radius 2 is 2.00 bits per heavy atom. The van der Waals surface area contributed by atoms with E-state index in [0.29, 0.717) is 12.1 Å². The van der Waals surface area contributed by atoms with Gasteiger partial charge in [0.15, 0.2) is 5.96 Å². The van der Waals surface area contributed by atoms with Crippen LogP contribution in [0.2, 0.25) is 0 Å². The molecule has 1 fully saturated rings. The first-order chi connectivity index (χ1) is 15.2. The Morgan fingerprint density at radius 3 is 2.81 bits per heavy atom. The van der Waals surface area contributed by atoms with E-state index in [0.717, 1.165) is 63.6 Å². The number of nitrogens with one attached hydrogen (secondary N) is 2. The van der Waals surface area contributed by atoms with Gasteiger partial charge >= 0.3 is 0 Å². The zero-order valence-corrected chi connectivity index (χ0v) is 21.8. The van der Waals surface area contributed by atoms with Crippen molar-refractivity contribution < 1.29 is 0 Å². The molecule has 8 heteroatoms. The van der Waals surface area contributed by atoms with Gasteiger partial charge in [0.05, 0.1) is 0 Å². The lowest BCUT2D eigenvalue weighted by Gasteiger charge is -2.21. The summed E-state index contributed by atoms with van der Waals surface area (Å²) in [6.07, 6.45) is 7.98. The molecule has 2 aromatic rings. The zero-order chi connectivity index (χ0) is 21.5. The van der Waals surface area contributed by atoms with E-state index >= 15 is 0 Å². The maximum absolute atomic E-state index is 4.45. The van der Waals surface area contributed by atoms with Crippen LogP contribution >= 0.6 is 24.0 Å². The van der Waals surface area contributed by atoms with Crippen LogP contribution in [0.15, 0.2) is 35.3 Å². The van der Waals surface area contributed by atoms with Gasteiger partial charge in [0.2, 0.25) is 0 Å². The molecule has 3 heterocycles. The molecular weight excluding hydrogens is 513 g/mol. The minimum Gasteiger partial charge on any atom is -0.356 e. The topological polar surface area (TPSA) is 70.4 Å². The van der Waals surface area contributed by atoms with Crippen molar-refractivity contribution in [3.8, 4) is 0 Å². The van der Waals surface area contributed by atoms with Crippen LogP contribution < -0.4 is 10.6 Å². The van der Waals surface area contributed by atoms with Gasteiger partial charge in [0, 0.05) is 58.2 Å². The number of fused-ring (bicyclic) bond motifs is 1. The number of hydrogen-bond donors (Lipinski definition) is 2. The second-order valence-electron chi connectivity index (χ2n) is 8.94. The normalized spacial score (nSPS) is 21.5. The largest absolute Gasteiger partial charge is 0.356 e. The molecule has 2 unspecified atom stereocenters. The molecule has 2 aliphatic heterocycles. The lowest BCUT2D eigenvalue weighted by molar-refractivity contribution is 0.258. The smallest absolute Gasteiger partial charge is 0.191 e.